The molecule has 2 nitrogen and oxygen atoms in total. The van der Waals surface area contributed by atoms with Crippen molar-refractivity contribution in [3.8, 4) is 33.6 Å². The van der Waals surface area contributed by atoms with Crippen LogP contribution < -0.4 is 0 Å². The summed E-state index contributed by atoms with van der Waals surface area (Å²) in [5.41, 5.74) is 10.1. The van der Waals surface area contributed by atoms with Gasteiger partial charge in [0.25, 0.3) is 0 Å². The molecule has 7 aromatic rings. The second-order valence-corrected chi connectivity index (χ2v) is 15.0. The van der Waals surface area contributed by atoms with Gasteiger partial charge in [-0.3, -0.25) is 0 Å². The van der Waals surface area contributed by atoms with Gasteiger partial charge in [-0.1, -0.05) is 84.9 Å². The van der Waals surface area contributed by atoms with Crippen LogP contribution in [0.1, 0.15) is 68.0 Å². The zero-order chi connectivity index (χ0) is 36.3. The number of nitrogens with zero attached hydrogens (tertiary/aromatic N) is 2. The second kappa shape index (κ2) is 13.7. The van der Waals surface area contributed by atoms with Gasteiger partial charge in [0.05, 0.1) is 5.56 Å². The summed E-state index contributed by atoms with van der Waals surface area (Å²) >= 11 is 0. The molecule has 0 fully saturated rings. The minimum atomic E-state index is -4.37. The fourth-order valence-corrected chi connectivity index (χ4v) is 7.43. The zero-order valence-electron chi connectivity index (χ0n) is 30.3. The number of hydrogen-bond acceptors (Lipinski definition) is 2. The summed E-state index contributed by atoms with van der Waals surface area (Å²) in [5.74, 6) is 0. The Hall–Kier alpha value is -4.64. The number of alkyl halides is 3. The van der Waals surface area contributed by atoms with Crippen molar-refractivity contribution in [2.24, 2.45) is 0 Å². The standard InChI is InChI=1S/C31H23F3N.C15H16N.Ir/c1-17-13-18(2)15-19(14-17)29-25-9-8-23-21(22(25)11-12-35-29)6-7-24-26-16-20(31(32,33)34)5-10-27(26)30(3,4)28(23)24;1-15(2,3)13-9-10-16-14(11-13)12-7-5-4-6-8-12;/h5-14,16H,1-4H3;4-7,9-11H,1-3H3;/q2*-1;. The van der Waals surface area contributed by atoms with E-state index < -0.39 is 17.2 Å². The molecule has 1 radical (unpaired) electrons. The van der Waals surface area contributed by atoms with Gasteiger partial charge in [0.2, 0.25) is 0 Å². The Morgan fingerprint density at radius 2 is 1.37 bits per heavy atom. The summed E-state index contributed by atoms with van der Waals surface area (Å²) in [6, 6.07) is 37.3. The Bertz CT molecular complexity index is 2420. The Labute approximate surface area is 317 Å². The second-order valence-electron chi connectivity index (χ2n) is 15.0. The van der Waals surface area contributed by atoms with Crippen LogP contribution in [-0.4, -0.2) is 9.97 Å². The van der Waals surface area contributed by atoms with E-state index in [1.165, 1.54) is 17.7 Å². The molecule has 0 spiro atoms. The van der Waals surface area contributed by atoms with Crippen LogP contribution in [-0.2, 0) is 37.1 Å². The van der Waals surface area contributed by atoms with Crippen molar-refractivity contribution in [2.75, 3.05) is 0 Å². The van der Waals surface area contributed by atoms with Crippen molar-refractivity contribution in [2.45, 2.75) is 65.5 Å². The normalized spacial score (nSPS) is 13.2. The van der Waals surface area contributed by atoms with Crippen LogP contribution in [0.3, 0.4) is 0 Å². The van der Waals surface area contributed by atoms with Crippen molar-refractivity contribution in [1.29, 1.82) is 0 Å². The Kier molecular flexibility index (Phi) is 9.80. The number of hydrogen-bond donors (Lipinski definition) is 0. The average Bonchev–Trinajstić information content (AvgIpc) is 3.33. The molecule has 6 heteroatoms. The maximum Gasteiger partial charge on any atom is 0.416 e. The van der Waals surface area contributed by atoms with Gasteiger partial charge in [-0.15, -0.1) is 70.8 Å². The van der Waals surface area contributed by atoms with E-state index >= 15 is 0 Å². The molecular weight excluding hydrogens is 830 g/mol. The topological polar surface area (TPSA) is 25.8 Å². The fraction of sp³-hybridized carbons (Fsp3) is 0.217. The monoisotopic (exact) mass is 869 g/mol. The smallest absolute Gasteiger partial charge is 0.305 e. The summed E-state index contributed by atoms with van der Waals surface area (Å²) in [6.45, 7) is 14.9. The van der Waals surface area contributed by atoms with Crippen LogP contribution in [0.25, 0.3) is 55.2 Å². The van der Waals surface area contributed by atoms with Crippen LogP contribution in [0.5, 0.6) is 0 Å². The van der Waals surface area contributed by atoms with Gasteiger partial charge in [-0.2, -0.15) is 13.2 Å². The third-order valence-corrected chi connectivity index (χ3v) is 9.89. The summed E-state index contributed by atoms with van der Waals surface area (Å²) in [4.78, 5) is 9.09. The molecule has 0 saturated heterocycles. The summed E-state index contributed by atoms with van der Waals surface area (Å²) < 4.78 is 40.4. The summed E-state index contributed by atoms with van der Waals surface area (Å²) in [5, 5.41) is 4.25. The number of halogens is 3. The molecule has 0 aliphatic heterocycles. The first-order valence-electron chi connectivity index (χ1n) is 17.1. The van der Waals surface area contributed by atoms with Crippen molar-refractivity contribution < 1.29 is 33.3 Å². The van der Waals surface area contributed by atoms with Crippen LogP contribution in [0.15, 0.2) is 109 Å². The first-order valence-corrected chi connectivity index (χ1v) is 17.1. The third kappa shape index (κ3) is 6.82. The maximum absolute atomic E-state index is 13.5. The van der Waals surface area contributed by atoms with E-state index in [0.29, 0.717) is 5.56 Å². The average molecular weight is 869 g/mol. The largest absolute Gasteiger partial charge is 0.416 e. The summed E-state index contributed by atoms with van der Waals surface area (Å²) in [6.07, 6.45) is -0.675. The van der Waals surface area contributed by atoms with Gasteiger partial charge in [0.1, 0.15) is 0 Å². The van der Waals surface area contributed by atoms with E-state index in [2.05, 4.69) is 95.1 Å². The molecule has 1 aliphatic carbocycles. The van der Waals surface area contributed by atoms with Crippen LogP contribution in [0.4, 0.5) is 13.2 Å². The Morgan fingerprint density at radius 3 is 2.06 bits per heavy atom. The summed E-state index contributed by atoms with van der Waals surface area (Å²) in [7, 11) is 0. The number of benzene rings is 5. The third-order valence-electron chi connectivity index (χ3n) is 9.89. The molecule has 0 atom stereocenters. The van der Waals surface area contributed by atoms with E-state index in [9.17, 15) is 13.2 Å². The maximum atomic E-state index is 13.5. The van der Waals surface area contributed by atoms with Crippen molar-refractivity contribution in [1.82, 2.24) is 9.97 Å². The molecule has 0 unspecified atom stereocenters. The fourth-order valence-electron chi connectivity index (χ4n) is 7.43. The predicted octanol–water partition coefficient (Wildman–Crippen LogP) is 12.6. The van der Waals surface area contributed by atoms with Crippen LogP contribution in [0.2, 0.25) is 0 Å². The van der Waals surface area contributed by atoms with E-state index in [0.717, 1.165) is 71.9 Å². The van der Waals surface area contributed by atoms with E-state index in [1.807, 2.05) is 61.8 Å². The predicted molar refractivity (Wildman–Crippen MR) is 203 cm³/mol. The first kappa shape index (κ1) is 37.1. The van der Waals surface area contributed by atoms with Gasteiger partial charge in [0.15, 0.2) is 0 Å². The van der Waals surface area contributed by atoms with Crippen LogP contribution in [0, 0.1) is 26.0 Å². The molecule has 52 heavy (non-hydrogen) atoms. The van der Waals surface area contributed by atoms with Crippen molar-refractivity contribution in [3.63, 3.8) is 0 Å². The molecule has 0 N–H and O–H groups in total. The number of aromatic nitrogens is 2. The number of rotatable bonds is 2. The quantitative estimate of drug-likeness (QED) is 0.128. The molecule has 0 amide bonds. The number of fused-ring (bicyclic) bond motifs is 7. The Balaban J connectivity index is 0.000000230. The van der Waals surface area contributed by atoms with Gasteiger partial charge < -0.3 is 9.97 Å². The van der Waals surface area contributed by atoms with Gasteiger partial charge in [0, 0.05) is 37.9 Å². The molecule has 0 bridgehead atoms. The number of aryl methyl sites for hydroxylation is 2. The van der Waals surface area contributed by atoms with E-state index in [4.69, 9.17) is 4.98 Å². The van der Waals surface area contributed by atoms with E-state index in [1.54, 1.807) is 6.07 Å². The Morgan fingerprint density at radius 1 is 0.654 bits per heavy atom. The first-order chi connectivity index (χ1) is 24.1. The molecule has 0 saturated carbocycles. The van der Waals surface area contributed by atoms with Gasteiger partial charge >= 0.3 is 6.18 Å². The molecule has 265 valence electrons. The molecule has 2 aromatic heterocycles. The molecule has 1 aliphatic rings. The minimum Gasteiger partial charge on any atom is -0.305 e. The minimum absolute atomic E-state index is 0. The van der Waals surface area contributed by atoms with Crippen LogP contribution >= 0.6 is 0 Å². The van der Waals surface area contributed by atoms with Gasteiger partial charge in [-0.25, -0.2) is 0 Å². The SMILES string of the molecule is CC(C)(C)c1ccnc(-c2[c-]cccc2)c1.Cc1[c-]c(-c2nccc3c2ccc2c4c(ccc23)-c2cc(C(F)(F)F)ccc2C4(C)C)cc(C)c1.[Ir]. The molecular formula is C46H39F3IrN2-2. The molecule has 2 heterocycles. The zero-order valence-corrected chi connectivity index (χ0v) is 32.6. The van der Waals surface area contributed by atoms with Crippen molar-refractivity contribution in [3.05, 3.63) is 155 Å². The van der Waals surface area contributed by atoms with Gasteiger partial charge in [-0.05, 0) is 90.4 Å². The number of pyridine rings is 2. The van der Waals surface area contributed by atoms with E-state index in [-0.39, 0.29) is 25.5 Å². The molecule has 5 aromatic carbocycles. The molecule has 8 rings (SSSR count). The van der Waals surface area contributed by atoms with Crippen molar-refractivity contribution >= 4 is 21.5 Å².